The summed E-state index contributed by atoms with van der Waals surface area (Å²) >= 11 is 1.09. The maximum absolute atomic E-state index is 12.5. The van der Waals surface area contributed by atoms with Gasteiger partial charge in [0.1, 0.15) is 10.8 Å². The molecule has 9 heteroatoms. The quantitative estimate of drug-likeness (QED) is 0.727. The third-order valence-corrected chi connectivity index (χ3v) is 6.45. The van der Waals surface area contributed by atoms with Crippen LogP contribution < -0.4 is 5.32 Å². The first-order chi connectivity index (χ1) is 10.1. The summed E-state index contributed by atoms with van der Waals surface area (Å²) in [6.07, 6.45) is 0.528. The van der Waals surface area contributed by atoms with E-state index in [4.69, 9.17) is 5.11 Å². The van der Waals surface area contributed by atoms with Gasteiger partial charge in [-0.1, -0.05) is 0 Å². The maximum atomic E-state index is 12.5. The fourth-order valence-corrected chi connectivity index (χ4v) is 4.86. The molecule has 0 aromatic carbocycles. The van der Waals surface area contributed by atoms with Crippen LogP contribution in [0, 0.1) is 0 Å². The van der Waals surface area contributed by atoms with Gasteiger partial charge in [0, 0.05) is 24.4 Å². The second-order valence-electron chi connectivity index (χ2n) is 4.99. The van der Waals surface area contributed by atoms with Crippen molar-refractivity contribution in [3.05, 3.63) is 17.0 Å². The molecule has 0 aliphatic heterocycles. The number of amides is 1. The molecule has 1 aromatic rings. The van der Waals surface area contributed by atoms with Crippen molar-refractivity contribution in [3.8, 4) is 0 Å². The molecule has 1 aromatic heterocycles. The van der Waals surface area contributed by atoms with Gasteiger partial charge < -0.3 is 10.4 Å². The van der Waals surface area contributed by atoms with Gasteiger partial charge in [-0.2, -0.15) is 4.31 Å². The number of hydrogen-bond donors (Lipinski definition) is 2. The van der Waals surface area contributed by atoms with Crippen LogP contribution >= 0.6 is 11.3 Å². The minimum atomic E-state index is -3.83. The lowest BCUT2D eigenvalue weighted by Gasteiger charge is -2.23. The highest BCUT2D eigenvalue weighted by atomic mass is 32.2. The summed E-state index contributed by atoms with van der Waals surface area (Å²) in [5.74, 6) is -1.34. The van der Waals surface area contributed by atoms with Crippen LogP contribution in [-0.4, -0.2) is 48.8 Å². The zero-order chi connectivity index (χ0) is 16.9. The Hall–Kier alpha value is -1.45. The molecule has 0 aliphatic carbocycles. The van der Waals surface area contributed by atoms with E-state index in [0.29, 0.717) is 13.0 Å². The number of carbonyl (C=O) groups excluding carboxylic acids is 1. The van der Waals surface area contributed by atoms with Crippen molar-refractivity contribution in [2.45, 2.75) is 37.4 Å². The summed E-state index contributed by atoms with van der Waals surface area (Å²) < 4.78 is 26.1. The van der Waals surface area contributed by atoms with E-state index in [1.807, 2.05) is 0 Å². The minimum Gasteiger partial charge on any atom is -0.480 e. The Bertz CT molecular complexity index is 637. The molecule has 1 heterocycles. The fourth-order valence-electron chi connectivity index (χ4n) is 1.79. The van der Waals surface area contributed by atoms with Crippen LogP contribution in [0.2, 0.25) is 0 Å². The molecule has 1 rings (SSSR count). The highest BCUT2D eigenvalue weighted by Crippen LogP contribution is 2.26. The Morgan fingerprint density at radius 1 is 1.36 bits per heavy atom. The van der Waals surface area contributed by atoms with Crippen molar-refractivity contribution in [2.75, 3.05) is 13.1 Å². The first-order valence-electron chi connectivity index (χ1n) is 6.71. The van der Waals surface area contributed by atoms with Crippen LogP contribution in [0.5, 0.6) is 0 Å². The molecule has 22 heavy (non-hydrogen) atoms. The highest BCUT2D eigenvalue weighted by Gasteiger charge is 2.30. The van der Waals surface area contributed by atoms with Crippen molar-refractivity contribution in [2.24, 2.45) is 0 Å². The standard InChI is InChI=1S/C13H20N2O5S2/c1-9(2)15(8-12(17)18)22(19,20)13-5-4-11(21-13)6-7-14-10(3)16/h4-5,9H,6-8H2,1-3H3,(H,14,16)(H,17,18). The molecule has 0 atom stereocenters. The van der Waals surface area contributed by atoms with Crippen molar-refractivity contribution < 1.29 is 23.1 Å². The number of rotatable bonds is 8. The zero-order valence-electron chi connectivity index (χ0n) is 12.7. The predicted molar refractivity (Wildman–Crippen MR) is 83.4 cm³/mol. The average Bonchev–Trinajstić information content (AvgIpc) is 2.84. The molecule has 0 radical (unpaired) electrons. The molecule has 0 bridgehead atoms. The Kier molecular flexibility index (Phi) is 6.51. The largest absolute Gasteiger partial charge is 0.480 e. The van der Waals surface area contributed by atoms with Crippen molar-refractivity contribution in [1.82, 2.24) is 9.62 Å². The number of sulfonamides is 1. The highest BCUT2D eigenvalue weighted by molar-refractivity contribution is 7.91. The molecule has 0 unspecified atom stereocenters. The average molecular weight is 348 g/mol. The van der Waals surface area contributed by atoms with Gasteiger partial charge >= 0.3 is 5.97 Å². The smallest absolute Gasteiger partial charge is 0.318 e. The Morgan fingerprint density at radius 3 is 2.50 bits per heavy atom. The lowest BCUT2D eigenvalue weighted by molar-refractivity contribution is -0.137. The third-order valence-electron chi connectivity index (χ3n) is 2.81. The number of carboxylic acid groups (broad SMARTS) is 1. The summed E-state index contributed by atoms with van der Waals surface area (Å²) in [5.41, 5.74) is 0. The van der Waals surface area contributed by atoms with E-state index in [-0.39, 0.29) is 10.1 Å². The van der Waals surface area contributed by atoms with E-state index in [0.717, 1.165) is 20.5 Å². The molecule has 0 saturated carbocycles. The molecular weight excluding hydrogens is 328 g/mol. The maximum Gasteiger partial charge on any atom is 0.318 e. The Balaban J connectivity index is 2.90. The summed E-state index contributed by atoms with van der Waals surface area (Å²) in [6.45, 7) is 4.53. The van der Waals surface area contributed by atoms with Gasteiger partial charge in [-0.15, -0.1) is 11.3 Å². The fraction of sp³-hybridized carbons (Fsp3) is 0.538. The SMILES string of the molecule is CC(=O)NCCc1ccc(S(=O)(=O)N(CC(=O)O)C(C)C)s1. The normalized spacial score (nSPS) is 11.9. The van der Waals surface area contributed by atoms with Crippen LogP contribution in [0.3, 0.4) is 0 Å². The van der Waals surface area contributed by atoms with E-state index in [2.05, 4.69) is 5.32 Å². The van der Waals surface area contributed by atoms with Crippen molar-refractivity contribution in [1.29, 1.82) is 0 Å². The lowest BCUT2D eigenvalue weighted by atomic mass is 10.3. The summed E-state index contributed by atoms with van der Waals surface area (Å²) in [6, 6.07) is 2.70. The minimum absolute atomic E-state index is 0.111. The molecule has 2 N–H and O–H groups in total. The molecule has 0 saturated heterocycles. The summed E-state index contributed by atoms with van der Waals surface area (Å²) in [5, 5.41) is 11.5. The number of hydrogen-bond acceptors (Lipinski definition) is 5. The number of nitrogens with zero attached hydrogens (tertiary/aromatic N) is 1. The number of carbonyl (C=O) groups is 2. The molecule has 7 nitrogen and oxygen atoms in total. The topological polar surface area (TPSA) is 104 Å². The Morgan fingerprint density at radius 2 is 2.00 bits per heavy atom. The second kappa shape index (κ2) is 7.70. The monoisotopic (exact) mass is 348 g/mol. The molecule has 0 spiro atoms. The van der Waals surface area contributed by atoms with Crippen LogP contribution in [0.15, 0.2) is 16.3 Å². The molecule has 0 aliphatic rings. The van der Waals surface area contributed by atoms with Gasteiger partial charge in [-0.3, -0.25) is 9.59 Å². The van der Waals surface area contributed by atoms with Crippen molar-refractivity contribution >= 4 is 33.2 Å². The van der Waals surface area contributed by atoms with Crippen LogP contribution in [0.4, 0.5) is 0 Å². The van der Waals surface area contributed by atoms with E-state index < -0.39 is 28.6 Å². The lowest BCUT2D eigenvalue weighted by Crippen LogP contribution is -2.40. The van der Waals surface area contributed by atoms with Gasteiger partial charge in [0.05, 0.1) is 0 Å². The molecule has 0 fully saturated rings. The van der Waals surface area contributed by atoms with E-state index in [1.165, 1.54) is 13.0 Å². The number of thiophene rings is 1. The molecular formula is C13H20N2O5S2. The number of nitrogens with one attached hydrogen (secondary N) is 1. The van der Waals surface area contributed by atoms with Gasteiger partial charge in [-0.25, -0.2) is 8.42 Å². The van der Waals surface area contributed by atoms with E-state index >= 15 is 0 Å². The summed E-state index contributed by atoms with van der Waals surface area (Å²) in [7, 11) is -3.83. The second-order valence-corrected chi connectivity index (χ2v) is 8.28. The third kappa shape index (κ3) is 5.08. The zero-order valence-corrected chi connectivity index (χ0v) is 14.3. The van der Waals surface area contributed by atoms with Gasteiger partial charge in [-0.05, 0) is 32.4 Å². The Labute approximate surface area is 134 Å². The van der Waals surface area contributed by atoms with Crippen LogP contribution in [0.1, 0.15) is 25.6 Å². The predicted octanol–water partition coefficient (Wildman–Crippen LogP) is 0.910. The van der Waals surface area contributed by atoms with Gasteiger partial charge in [0.15, 0.2) is 0 Å². The first kappa shape index (κ1) is 18.6. The van der Waals surface area contributed by atoms with Crippen LogP contribution in [-0.2, 0) is 26.0 Å². The number of aliphatic carboxylic acids is 1. The molecule has 1 amide bonds. The van der Waals surface area contributed by atoms with Gasteiger partial charge in [0.25, 0.3) is 10.0 Å². The van der Waals surface area contributed by atoms with E-state index in [9.17, 15) is 18.0 Å². The van der Waals surface area contributed by atoms with Gasteiger partial charge in [0.2, 0.25) is 5.91 Å². The van der Waals surface area contributed by atoms with Crippen molar-refractivity contribution in [3.63, 3.8) is 0 Å². The molecule has 124 valence electrons. The first-order valence-corrected chi connectivity index (χ1v) is 8.97. The van der Waals surface area contributed by atoms with E-state index in [1.54, 1.807) is 19.9 Å². The summed E-state index contributed by atoms with van der Waals surface area (Å²) in [4.78, 5) is 22.5. The van der Waals surface area contributed by atoms with Crippen LogP contribution in [0.25, 0.3) is 0 Å². The number of carboxylic acids is 1.